The van der Waals surface area contributed by atoms with Gasteiger partial charge in [-0.2, -0.15) is 0 Å². The van der Waals surface area contributed by atoms with E-state index in [4.69, 9.17) is 15.3 Å². The van der Waals surface area contributed by atoms with Crippen LogP contribution in [-0.4, -0.2) is 25.9 Å². The van der Waals surface area contributed by atoms with Gasteiger partial charge in [0.15, 0.2) is 0 Å². The van der Waals surface area contributed by atoms with E-state index in [1.807, 2.05) is 0 Å². The molecular weight excluding hydrogens is 272 g/mol. The number of nitrogens with two attached hydrogens (primary N) is 1. The van der Waals surface area contributed by atoms with Crippen molar-refractivity contribution in [2.24, 2.45) is 5.84 Å². The van der Waals surface area contributed by atoms with E-state index >= 15 is 0 Å². The van der Waals surface area contributed by atoms with Gasteiger partial charge in [0.25, 0.3) is 0 Å². The predicted molar refractivity (Wildman–Crippen MR) is 81.7 cm³/mol. The van der Waals surface area contributed by atoms with Crippen molar-refractivity contribution in [3.63, 3.8) is 0 Å². The highest BCUT2D eigenvalue weighted by atomic mass is 32.1. The molecule has 0 bridgehead atoms. The first-order chi connectivity index (χ1) is 9.80. The SMILES string of the molecule is COC1(C(NN)c2cccc3ccsc23)CCOCC1. The lowest BCUT2D eigenvalue weighted by Crippen LogP contribution is -2.51. The van der Waals surface area contributed by atoms with Crippen LogP contribution < -0.4 is 11.3 Å². The lowest BCUT2D eigenvalue weighted by atomic mass is 9.82. The number of hydrogen-bond donors (Lipinski definition) is 2. The van der Waals surface area contributed by atoms with Crippen LogP contribution in [-0.2, 0) is 9.47 Å². The Bertz CT molecular complexity index is 578. The summed E-state index contributed by atoms with van der Waals surface area (Å²) in [6, 6.07) is 8.46. The Morgan fingerprint density at radius 3 is 2.85 bits per heavy atom. The fraction of sp³-hybridized carbons (Fsp3) is 0.467. The van der Waals surface area contributed by atoms with Crippen molar-refractivity contribution in [3.05, 3.63) is 35.2 Å². The van der Waals surface area contributed by atoms with E-state index in [2.05, 4.69) is 35.1 Å². The Labute approximate surface area is 122 Å². The molecule has 1 aliphatic heterocycles. The van der Waals surface area contributed by atoms with Crippen LogP contribution in [0.1, 0.15) is 24.4 Å². The maximum atomic E-state index is 5.89. The van der Waals surface area contributed by atoms with E-state index in [0.717, 1.165) is 12.8 Å². The number of thiophene rings is 1. The molecule has 1 fully saturated rings. The first-order valence-corrected chi connectivity index (χ1v) is 7.74. The molecule has 3 N–H and O–H groups in total. The fourth-order valence-electron chi connectivity index (χ4n) is 3.10. The number of fused-ring (bicyclic) bond motifs is 1. The van der Waals surface area contributed by atoms with Gasteiger partial charge in [0.05, 0.1) is 11.6 Å². The summed E-state index contributed by atoms with van der Waals surface area (Å²) in [5.74, 6) is 5.89. The van der Waals surface area contributed by atoms with Gasteiger partial charge >= 0.3 is 0 Å². The van der Waals surface area contributed by atoms with E-state index < -0.39 is 0 Å². The Hall–Kier alpha value is -0.980. The third kappa shape index (κ3) is 2.25. The summed E-state index contributed by atoms with van der Waals surface area (Å²) in [7, 11) is 1.77. The van der Waals surface area contributed by atoms with Crippen molar-refractivity contribution in [1.82, 2.24) is 5.43 Å². The Kier molecular flexibility index (Phi) is 4.05. The fourth-order valence-corrected chi connectivity index (χ4v) is 4.04. The average Bonchev–Trinajstić information content (AvgIpc) is 2.98. The van der Waals surface area contributed by atoms with Crippen LogP contribution in [0.4, 0.5) is 0 Å². The molecule has 1 saturated heterocycles. The second-order valence-electron chi connectivity index (χ2n) is 5.17. The first-order valence-electron chi connectivity index (χ1n) is 6.86. The van der Waals surface area contributed by atoms with E-state index in [-0.39, 0.29) is 11.6 Å². The largest absolute Gasteiger partial charge is 0.381 e. The molecule has 20 heavy (non-hydrogen) atoms. The second kappa shape index (κ2) is 5.79. The molecule has 1 aliphatic rings. The number of rotatable bonds is 4. The van der Waals surface area contributed by atoms with Crippen LogP contribution in [0, 0.1) is 0 Å². The molecule has 1 atom stereocenters. The lowest BCUT2D eigenvalue weighted by molar-refractivity contribution is -0.111. The number of nitrogens with one attached hydrogen (secondary N) is 1. The number of benzene rings is 1. The molecule has 0 saturated carbocycles. The van der Waals surface area contributed by atoms with Gasteiger partial charge in [0.1, 0.15) is 0 Å². The highest BCUT2D eigenvalue weighted by Crippen LogP contribution is 2.40. The van der Waals surface area contributed by atoms with Gasteiger partial charge in [0.2, 0.25) is 0 Å². The molecule has 3 rings (SSSR count). The van der Waals surface area contributed by atoms with Crippen LogP contribution in [0.15, 0.2) is 29.6 Å². The smallest absolute Gasteiger partial charge is 0.0929 e. The number of methoxy groups -OCH3 is 1. The Balaban J connectivity index is 2.06. The molecule has 1 aromatic heterocycles. The first kappa shape index (κ1) is 14.0. The van der Waals surface area contributed by atoms with Gasteiger partial charge in [0, 0.05) is 37.9 Å². The van der Waals surface area contributed by atoms with E-state index in [1.165, 1.54) is 15.6 Å². The molecule has 1 aromatic carbocycles. The minimum Gasteiger partial charge on any atom is -0.381 e. The zero-order chi connectivity index (χ0) is 14.0. The van der Waals surface area contributed by atoms with Crippen LogP contribution >= 0.6 is 11.3 Å². The highest BCUT2D eigenvalue weighted by Gasteiger charge is 2.41. The summed E-state index contributed by atoms with van der Waals surface area (Å²) in [5, 5.41) is 3.37. The van der Waals surface area contributed by atoms with E-state index in [1.54, 1.807) is 18.4 Å². The minimum absolute atomic E-state index is 0.0289. The minimum atomic E-state index is -0.300. The van der Waals surface area contributed by atoms with Crippen molar-refractivity contribution in [2.45, 2.75) is 24.5 Å². The summed E-state index contributed by atoms with van der Waals surface area (Å²) >= 11 is 1.75. The predicted octanol–water partition coefficient (Wildman–Crippen LogP) is 2.60. The van der Waals surface area contributed by atoms with Gasteiger partial charge in [-0.1, -0.05) is 18.2 Å². The summed E-state index contributed by atoms with van der Waals surface area (Å²) < 4.78 is 12.7. The third-order valence-electron chi connectivity index (χ3n) is 4.26. The van der Waals surface area contributed by atoms with Gasteiger partial charge in [-0.3, -0.25) is 11.3 Å². The monoisotopic (exact) mass is 292 g/mol. The van der Waals surface area contributed by atoms with Crippen LogP contribution in [0.5, 0.6) is 0 Å². The number of hydrazine groups is 1. The Morgan fingerprint density at radius 2 is 2.15 bits per heavy atom. The molecule has 0 spiro atoms. The third-order valence-corrected chi connectivity index (χ3v) is 5.24. The Morgan fingerprint density at radius 1 is 1.35 bits per heavy atom. The summed E-state index contributed by atoms with van der Waals surface area (Å²) in [6.07, 6.45) is 1.69. The van der Waals surface area contributed by atoms with Gasteiger partial charge in [-0.05, 0) is 22.4 Å². The van der Waals surface area contributed by atoms with Crippen LogP contribution in [0.2, 0.25) is 0 Å². The van der Waals surface area contributed by atoms with Gasteiger partial charge in [-0.15, -0.1) is 11.3 Å². The van der Waals surface area contributed by atoms with Crippen molar-refractivity contribution in [2.75, 3.05) is 20.3 Å². The summed E-state index contributed by atoms with van der Waals surface area (Å²) in [5.41, 5.74) is 3.90. The summed E-state index contributed by atoms with van der Waals surface area (Å²) in [6.45, 7) is 1.43. The van der Waals surface area contributed by atoms with Crippen molar-refractivity contribution >= 4 is 21.4 Å². The normalized spacial score (nSPS) is 20.1. The summed E-state index contributed by atoms with van der Waals surface area (Å²) in [4.78, 5) is 0. The molecule has 108 valence electrons. The quantitative estimate of drug-likeness (QED) is 0.672. The molecule has 4 nitrogen and oxygen atoms in total. The topological polar surface area (TPSA) is 56.5 Å². The van der Waals surface area contributed by atoms with Crippen LogP contribution in [0.25, 0.3) is 10.1 Å². The lowest BCUT2D eigenvalue weighted by Gasteiger charge is -2.42. The number of ether oxygens (including phenoxy) is 2. The van der Waals surface area contributed by atoms with Gasteiger partial charge in [-0.25, -0.2) is 0 Å². The molecule has 0 radical (unpaired) electrons. The molecule has 5 heteroatoms. The zero-order valence-electron chi connectivity index (χ0n) is 11.6. The van der Waals surface area contributed by atoms with Crippen molar-refractivity contribution < 1.29 is 9.47 Å². The molecule has 0 aliphatic carbocycles. The zero-order valence-corrected chi connectivity index (χ0v) is 12.4. The van der Waals surface area contributed by atoms with Crippen molar-refractivity contribution in [1.29, 1.82) is 0 Å². The second-order valence-corrected chi connectivity index (χ2v) is 6.08. The van der Waals surface area contributed by atoms with Crippen LogP contribution in [0.3, 0.4) is 0 Å². The molecule has 1 unspecified atom stereocenters. The highest BCUT2D eigenvalue weighted by molar-refractivity contribution is 7.17. The maximum absolute atomic E-state index is 5.89. The molecule has 2 heterocycles. The van der Waals surface area contributed by atoms with E-state index in [9.17, 15) is 0 Å². The molecule has 0 amide bonds. The number of hydrogen-bond acceptors (Lipinski definition) is 5. The van der Waals surface area contributed by atoms with Gasteiger partial charge < -0.3 is 9.47 Å². The maximum Gasteiger partial charge on any atom is 0.0929 e. The van der Waals surface area contributed by atoms with Crippen molar-refractivity contribution in [3.8, 4) is 0 Å². The molecule has 2 aromatic rings. The molecular formula is C15H20N2O2S. The average molecular weight is 292 g/mol. The van der Waals surface area contributed by atoms with E-state index in [0.29, 0.717) is 13.2 Å². The standard InChI is InChI=1S/C15H20N2O2S/c1-18-15(6-8-19-9-7-15)14(17-16)12-4-2-3-11-5-10-20-13(11)12/h2-5,10,14,17H,6-9,16H2,1H3.